The number of alkyl halides is 3. The van der Waals surface area contributed by atoms with Crippen molar-refractivity contribution in [1.82, 2.24) is 39.1 Å². The molecule has 1 aliphatic rings. The average molecular weight is 536 g/mol. The fraction of sp³-hybridized carbons (Fsp3) is 0.370. The van der Waals surface area contributed by atoms with Gasteiger partial charge < -0.3 is 5.73 Å². The second kappa shape index (κ2) is 9.51. The first-order chi connectivity index (χ1) is 18.7. The Hall–Kier alpha value is -4.22. The minimum Gasteiger partial charge on any atom is -0.366 e. The van der Waals surface area contributed by atoms with E-state index in [0.717, 1.165) is 41.3 Å². The highest BCUT2D eigenvalue weighted by Crippen LogP contribution is 2.34. The Kier molecular flexibility index (Phi) is 6.12. The maximum atomic E-state index is 13.0. The van der Waals surface area contributed by atoms with Crippen molar-refractivity contribution in [3.63, 3.8) is 0 Å². The molecule has 0 radical (unpaired) electrons. The molecule has 12 heteroatoms. The van der Waals surface area contributed by atoms with Crippen molar-refractivity contribution in [2.45, 2.75) is 57.8 Å². The van der Waals surface area contributed by atoms with Crippen molar-refractivity contribution >= 4 is 11.6 Å². The molecule has 1 saturated carbocycles. The molecule has 5 aromatic rings. The van der Waals surface area contributed by atoms with E-state index in [2.05, 4.69) is 25.3 Å². The molecular weight excluding hydrogens is 507 g/mol. The molecule has 0 amide bonds. The molecule has 9 nitrogen and oxygen atoms in total. The molecule has 5 heterocycles. The quantitative estimate of drug-likeness (QED) is 0.294. The lowest BCUT2D eigenvalue weighted by atomic mass is 9.97. The van der Waals surface area contributed by atoms with E-state index in [1.54, 1.807) is 15.4 Å². The Morgan fingerprint density at radius 1 is 0.949 bits per heavy atom. The van der Waals surface area contributed by atoms with Gasteiger partial charge in [-0.15, -0.1) is 5.10 Å². The van der Waals surface area contributed by atoms with Crippen molar-refractivity contribution in [3.05, 3.63) is 66.5 Å². The second-order valence-corrected chi connectivity index (χ2v) is 10.4. The van der Waals surface area contributed by atoms with Crippen molar-refractivity contribution in [1.29, 1.82) is 0 Å². The van der Waals surface area contributed by atoms with E-state index in [1.807, 2.05) is 49.3 Å². The van der Waals surface area contributed by atoms with Gasteiger partial charge in [0, 0.05) is 29.7 Å². The van der Waals surface area contributed by atoms with Crippen LogP contribution in [0.3, 0.4) is 0 Å². The Morgan fingerprint density at radius 2 is 1.72 bits per heavy atom. The summed E-state index contributed by atoms with van der Waals surface area (Å²) in [7, 11) is 0. The molecular formula is C27H28F3N9. The van der Waals surface area contributed by atoms with Gasteiger partial charge in [0.05, 0.1) is 30.2 Å². The van der Waals surface area contributed by atoms with Crippen LogP contribution < -0.4 is 5.73 Å². The number of nitrogen functional groups attached to an aromatic ring is 1. The molecule has 0 aromatic carbocycles. The first-order valence-corrected chi connectivity index (χ1v) is 13.0. The minimum absolute atomic E-state index is 0.0482. The van der Waals surface area contributed by atoms with Gasteiger partial charge in [0.25, 0.3) is 0 Å². The summed E-state index contributed by atoms with van der Waals surface area (Å²) in [6.07, 6.45) is 8.97. The Morgan fingerprint density at radius 3 is 2.41 bits per heavy atom. The Labute approximate surface area is 222 Å². The van der Waals surface area contributed by atoms with E-state index >= 15 is 0 Å². The van der Waals surface area contributed by atoms with E-state index in [9.17, 15) is 13.2 Å². The highest BCUT2D eigenvalue weighted by Gasteiger charge is 2.32. The monoisotopic (exact) mass is 535 g/mol. The van der Waals surface area contributed by atoms with Gasteiger partial charge in [0.2, 0.25) is 5.95 Å². The highest BCUT2D eigenvalue weighted by molar-refractivity contribution is 5.74. The van der Waals surface area contributed by atoms with Crippen LogP contribution in [0.25, 0.3) is 28.0 Å². The fourth-order valence-corrected chi connectivity index (χ4v) is 5.44. The zero-order valence-corrected chi connectivity index (χ0v) is 21.5. The number of hydrogen-bond acceptors (Lipinski definition) is 6. The molecule has 1 fully saturated rings. The van der Waals surface area contributed by atoms with E-state index in [-0.39, 0.29) is 17.9 Å². The van der Waals surface area contributed by atoms with Gasteiger partial charge in [0.1, 0.15) is 5.69 Å². The summed E-state index contributed by atoms with van der Waals surface area (Å²) in [5.41, 5.74) is 9.67. The van der Waals surface area contributed by atoms with Gasteiger partial charge in [0.15, 0.2) is 5.65 Å². The predicted molar refractivity (Wildman–Crippen MR) is 140 cm³/mol. The Balaban J connectivity index is 1.37. The Bertz CT molecular complexity index is 1610. The normalized spacial score (nSPS) is 15.5. The van der Waals surface area contributed by atoms with Crippen LogP contribution in [0.4, 0.5) is 19.1 Å². The van der Waals surface area contributed by atoms with Crippen LogP contribution in [0.2, 0.25) is 0 Å². The summed E-state index contributed by atoms with van der Waals surface area (Å²) in [5, 5.41) is 13.6. The summed E-state index contributed by atoms with van der Waals surface area (Å²) in [4.78, 5) is 8.04. The summed E-state index contributed by atoms with van der Waals surface area (Å²) in [5.74, 6) is 0.217. The molecule has 6 rings (SSSR count). The van der Waals surface area contributed by atoms with Crippen molar-refractivity contribution in [2.24, 2.45) is 5.92 Å². The van der Waals surface area contributed by atoms with Gasteiger partial charge in [-0.3, -0.25) is 14.3 Å². The number of fused-ring (bicyclic) bond motifs is 1. The van der Waals surface area contributed by atoms with Gasteiger partial charge in [-0.05, 0) is 48.1 Å². The molecule has 5 aromatic heterocycles. The van der Waals surface area contributed by atoms with Crippen LogP contribution in [0.1, 0.15) is 62.9 Å². The highest BCUT2D eigenvalue weighted by atomic mass is 19.4. The molecule has 1 atom stereocenters. The molecule has 2 N–H and O–H groups in total. The molecule has 39 heavy (non-hydrogen) atoms. The lowest BCUT2D eigenvalue weighted by molar-refractivity contribution is -0.141. The summed E-state index contributed by atoms with van der Waals surface area (Å²) < 4.78 is 44.6. The number of nitrogens with two attached hydrogens (primary N) is 1. The van der Waals surface area contributed by atoms with Crippen molar-refractivity contribution < 1.29 is 13.2 Å². The SMILES string of the molecule is CC(C)C(c1ccc(C(F)(F)F)nc1)n1cc(-c2cc(-c3cnn(C4CCCC4)c3)n3nc(N)nc3c2)cn1. The number of pyridine rings is 2. The molecule has 1 unspecified atom stereocenters. The minimum atomic E-state index is -4.49. The number of aromatic nitrogens is 8. The maximum Gasteiger partial charge on any atom is 0.433 e. The third-order valence-corrected chi connectivity index (χ3v) is 7.32. The molecule has 0 spiro atoms. The zero-order chi connectivity index (χ0) is 27.3. The molecule has 0 bridgehead atoms. The second-order valence-electron chi connectivity index (χ2n) is 10.4. The third-order valence-electron chi connectivity index (χ3n) is 7.32. The lowest BCUT2D eigenvalue weighted by Crippen LogP contribution is -2.18. The molecule has 0 aliphatic heterocycles. The maximum absolute atomic E-state index is 13.0. The van der Waals surface area contributed by atoms with Gasteiger partial charge in [-0.1, -0.05) is 32.8 Å². The summed E-state index contributed by atoms with van der Waals surface area (Å²) in [6.45, 7) is 3.99. The summed E-state index contributed by atoms with van der Waals surface area (Å²) >= 11 is 0. The largest absolute Gasteiger partial charge is 0.433 e. The van der Waals surface area contributed by atoms with Crippen LogP contribution in [-0.2, 0) is 6.18 Å². The number of nitrogens with zero attached hydrogens (tertiary/aromatic N) is 8. The smallest absolute Gasteiger partial charge is 0.366 e. The zero-order valence-electron chi connectivity index (χ0n) is 21.5. The average Bonchev–Trinajstić information content (AvgIpc) is 3.69. The summed E-state index contributed by atoms with van der Waals surface area (Å²) in [6, 6.07) is 6.47. The topological polar surface area (TPSA) is 105 Å². The van der Waals surface area contributed by atoms with Crippen LogP contribution in [0.5, 0.6) is 0 Å². The standard InChI is InChI=1S/C27H28F3N9/c1-16(2)25(17-7-8-23(32-11-17)27(28,29)30)38-14-19(12-34-38)18-9-22(39-24(10-18)35-26(31)36-39)20-13-33-37(15-20)21-5-3-4-6-21/h7-16,21,25H,3-6H2,1-2H3,(H2,31,36). The van der Waals surface area contributed by atoms with Gasteiger partial charge in [-0.25, -0.2) is 4.52 Å². The van der Waals surface area contributed by atoms with Crippen molar-refractivity contribution in [3.8, 4) is 22.4 Å². The number of hydrogen-bond donors (Lipinski definition) is 1. The van der Waals surface area contributed by atoms with Gasteiger partial charge in [-0.2, -0.15) is 28.4 Å². The number of rotatable bonds is 6. The van der Waals surface area contributed by atoms with E-state index < -0.39 is 11.9 Å². The number of anilines is 1. The molecule has 0 saturated heterocycles. The van der Waals surface area contributed by atoms with Gasteiger partial charge >= 0.3 is 6.18 Å². The van der Waals surface area contributed by atoms with Crippen LogP contribution in [0, 0.1) is 5.92 Å². The lowest BCUT2D eigenvalue weighted by Gasteiger charge is -2.22. The molecule has 202 valence electrons. The molecule has 1 aliphatic carbocycles. The third kappa shape index (κ3) is 4.75. The van der Waals surface area contributed by atoms with Crippen LogP contribution in [0.15, 0.2) is 55.2 Å². The van der Waals surface area contributed by atoms with E-state index in [0.29, 0.717) is 17.3 Å². The number of halogens is 3. The van der Waals surface area contributed by atoms with E-state index in [1.165, 1.54) is 25.1 Å². The van der Waals surface area contributed by atoms with Crippen LogP contribution in [-0.4, -0.2) is 39.1 Å². The first-order valence-electron chi connectivity index (χ1n) is 13.0. The predicted octanol–water partition coefficient (Wildman–Crippen LogP) is 5.81. The van der Waals surface area contributed by atoms with E-state index in [4.69, 9.17) is 5.73 Å². The van der Waals surface area contributed by atoms with Crippen LogP contribution >= 0.6 is 0 Å². The fourth-order valence-electron chi connectivity index (χ4n) is 5.44. The van der Waals surface area contributed by atoms with Crippen molar-refractivity contribution in [2.75, 3.05) is 5.73 Å². The first kappa shape index (κ1) is 25.1.